The molecule has 1 N–H and O–H groups in total. The van der Waals surface area contributed by atoms with Crippen molar-refractivity contribution in [2.24, 2.45) is 11.3 Å². The lowest BCUT2D eigenvalue weighted by Crippen LogP contribution is -2.70. The molecule has 0 radical (unpaired) electrons. The number of amides is 1. The van der Waals surface area contributed by atoms with Gasteiger partial charge < -0.3 is 10.1 Å². The van der Waals surface area contributed by atoms with Crippen molar-refractivity contribution in [2.75, 3.05) is 13.2 Å². The zero-order valence-electron chi connectivity index (χ0n) is 8.30. The first-order chi connectivity index (χ1) is 6.17. The molecule has 13 heavy (non-hydrogen) atoms. The van der Waals surface area contributed by atoms with Gasteiger partial charge in [-0.2, -0.15) is 0 Å². The topological polar surface area (TPSA) is 38.3 Å². The van der Waals surface area contributed by atoms with Crippen molar-refractivity contribution in [3.63, 3.8) is 0 Å². The van der Waals surface area contributed by atoms with E-state index in [1.807, 2.05) is 0 Å². The van der Waals surface area contributed by atoms with Crippen LogP contribution in [0.5, 0.6) is 0 Å². The molecule has 2 rings (SSSR count). The van der Waals surface area contributed by atoms with Gasteiger partial charge in [0, 0.05) is 19.3 Å². The van der Waals surface area contributed by atoms with E-state index in [1.54, 1.807) is 0 Å². The highest BCUT2D eigenvalue weighted by Gasteiger charge is 2.55. The van der Waals surface area contributed by atoms with Crippen LogP contribution in [0, 0.1) is 11.3 Å². The van der Waals surface area contributed by atoms with E-state index in [0.717, 1.165) is 26.1 Å². The summed E-state index contributed by atoms with van der Waals surface area (Å²) >= 11 is 0. The Morgan fingerprint density at radius 1 is 1.46 bits per heavy atom. The van der Waals surface area contributed by atoms with Crippen LogP contribution in [-0.4, -0.2) is 25.2 Å². The molecule has 0 bridgehead atoms. The molecule has 2 aliphatic rings. The molecule has 0 aliphatic carbocycles. The molecule has 3 heteroatoms. The van der Waals surface area contributed by atoms with Gasteiger partial charge in [-0.3, -0.25) is 4.79 Å². The second-order valence-corrected chi connectivity index (χ2v) is 4.46. The Labute approximate surface area is 78.8 Å². The maximum Gasteiger partial charge on any atom is 0.228 e. The molecule has 2 saturated heterocycles. The number of ether oxygens (including phenoxy) is 1. The predicted octanol–water partition coefficient (Wildman–Crippen LogP) is 0.938. The average Bonchev–Trinajstić information content (AvgIpc) is 2.15. The summed E-state index contributed by atoms with van der Waals surface area (Å²) in [7, 11) is 0. The summed E-state index contributed by atoms with van der Waals surface area (Å²) in [6, 6.07) is 0.379. The SMILES string of the molecule is CC(C)[C@H]1NC(=O)C12CCOCC2. The minimum Gasteiger partial charge on any atom is -0.381 e. The maximum atomic E-state index is 11.6. The fourth-order valence-electron chi connectivity index (χ4n) is 2.57. The molecule has 1 spiro atoms. The van der Waals surface area contributed by atoms with Crippen molar-refractivity contribution < 1.29 is 9.53 Å². The summed E-state index contributed by atoms with van der Waals surface area (Å²) < 4.78 is 5.30. The number of hydrogen-bond acceptors (Lipinski definition) is 2. The number of rotatable bonds is 1. The summed E-state index contributed by atoms with van der Waals surface area (Å²) in [6.07, 6.45) is 1.81. The Bertz CT molecular complexity index is 219. The van der Waals surface area contributed by atoms with E-state index >= 15 is 0 Å². The highest BCUT2D eigenvalue weighted by Crippen LogP contribution is 2.43. The molecule has 3 nitrogen and oxygen atoms in total. The normalized spacial score (nSPS) is 31.6. The minimum atomic E-state index is -0.0770. The Balaban J connectivity index is 2.13. The second-order valence-electron chi connectivity index (χ2n) is 4.46. The summed E-state index contributed by atoms with van der Waals surface area (Å²) in [6.45, 7) is 5.83. The minimum absolute atomic E-state index is 0.0770. The zero-order valence-corrected chi connectivity index (χ0v) is 8.30. The average molecular weight is 183 g/mol. The van der Waals surface area contributed by atoms with Crippen molar-refractivity contribution >= 4 is 5.91 Å². The number of β-lactam (4-membered cyclic amide) rings is 1. The molecule has 0 aromatic carbocycles. The van der Waals surface area contributed by atoms with E-state index in [9.17, 15) is 4.79 Å². The van der Waals surface area contributed by atoms with E-state index < -0.39 is 0 Å². The van der Waals surface area contributed by atoms with E-state index in [2.05, 4.69) is 19.2 Å². The van der Waals surface area contributed by atoms with Gasteiger partial charge in [-0.1, -0.05) is 13.8 Å². The molecule has 0 saturated carbocycles. The molecule has 0 aromatic rings. The first kappa shape index (κ1) is 9.00. The number of hydrogen-bond donors (Lipinski definition) is 1. The Hall–Kier alpha value is -0.570. The molecule has 2 fully saturated rings. The molecule has 74 valence electrons. The summed E-state index contributed by atoms with van der Waals surface area (Å²) in [5, 5.41) is 3.01. The van der Waals surface area contributed by atoms with Crippen LogP contribution in [0.1, 0.15) is 26.7 Å². The highest BCUT2D eigenvalue weighted by atomic mass is 16.5. The third kappa shape index (κ3) is 1.17. The smallest absolute Gasteiger partial charge is 0.228 e. The van der Waals surface area contributed by atoms with Crippen LogP contribution in [0.3, 0.4) is 0 Å². The van der Waals surface area contributed by atoms with Crippen molar-refractivity contribution in [3.05, 3.63) is 0 Å². The number of carbonyl (C=O) groups excluding carboxylic acids is 1. The van der Waals surface area contributed by atoms with Crippen LogP contribution < -0.4 is 5.32 Å². The fourth-order valence-corrected chi connectivity index (χ4v) is 2.57. The molecule has 0 unspecified atom stereocenters. The molecule has 1 atom stereocenters. The quantitative estimate of drug-likeness (QED) is 0.614. The van der Waals surface area contributed by atoms with Gasteiger partial charge in [-0.25, -0.2) is 0 Å². The Morgan fingerprint density at radius 3 is 2.54 bits per heavy atom. The van der Waals surface area contributed by atoms with Gasteiger partial charge in [0.2, 0.25) is 5.91 Å². The molecule has 0 aromatic heterocycles. The van der Waals surface area contributed by atoms with Crippen LogP contribution in [0.25, 0.3) is 0 Å². The second kappa shape index (κ2) is 2.98. The van der Waals surface area contributed by atoms with Gasteiger partial charge in [0.25, 0.3) is 0 Å². The van der Waals surface area contributed by atoms with Gasteiger partial charge in [-0.05, 0) is 18.8 Å². The van der Waals surface area contributed by atoms with Crippen molar-refractivity contribution in [1.82, 2.24) is 5.32 Å². The van der Waals surface area contributed by atoms with E-state index in [4.69, 9.17) is 4.74 Å². The van der Waals surface area contributed by atoms with E-state index in [0.29, 0.717) is 12.0 Å². The number of nitrogens with one attached hydrogen (secondary N) is 1. The van der Waals surface area contributed by atoms with Crippen LogP contribution in [0.4, 0.5) is 0 Å². The Morgan fingerprint density at radius 2 is 2.08 bits per heavy atom. The Kier molecular flexibility index (Phi) is 2.06. The molecule has 1 amide bonds. The maximum absolute atomic E-state index is 11.6. The third-order valence-corrected chi connectivity index (χ3v) is 3.39. The lowest BCUT2D eigenvalue weighted by atomic mass is 9.64. The summed E-state index contributed by atoms with van der Waals surface area (Å²) in [4.78, 5) is 11.6. The van der Waals surface area contributed by atoms with Crippen molar-refractivity contribution in [3.8, 4) is 0 Å². The summed E-state index contributed by atoms with van der Waals surface area (Å²) in [5.41, 5.74) is -0.0770. The van der Waals surface area contributed by atoms with Crippen LogP contribution >= 0.6 is 0 Å². The molecular weight excluding hydrogens is 166 g/mol. The van der Waals surface area contributed by atoms with E-state index in [1.165, 1.54) is 0 Å². The van der Waals surface area contributed by atoms with Crippen molar-refractivity contribution in [1.29, 1.82) is 0 Å². The van der Waals surface area contributed by atoms with Gasteiger partial charge >= 0.3 is 0 Å². The van der Waals surface area contributed by atoms with Crippen LogP contribution in [0.2, 0.25) is 0 Å². The monoisotopic (exact) mass is 183 g/mol. The fraction of sp³-hybridized carbons (Fsp3) is 0.900. The predicted molar refractivity (Wildman–Crippen MR) is 49.3 cm³/mol. The van der Waals surface area contributed by atoms with Crippen molar-refractivity contribution in [2.45, 2.75) is 32.7 Å². The standard InChI is InChI=1S/C10H17NO2/c1-7(2)8-10(9(12)11-8)3-5-13-6-4-10/h7-8H,3-6H2,1-2H3,(H,11,12)/t8-/m1/s1. The lowest BCUT2D eigenvalue weighted by Gasteiger charge is -2.52. The van der Waals surface area contributed by atoms with Gasteiger partial charge in [0.1, 0.15) is 0 Å². The number of carbonyl (C=O) groups is 1. The first-order valence-corrected chi connectivity index (χ1v) is 5.05. The van der Waals surface area contributed by atoms with Crippen LogP contribution in [-0.2, 0) is 9.53 Å². The first-order valence-electron chi connectivity index (χ1n) is 5.05. The zero-order chi connectivity index (χ0) is 9.47. The highest BCUT2D eigenvalue weighted by molar-refractivity contribution is 5.90. The summed E-state index contributed by atoms with van der Waals surface area (Å²) in [5.74, 6) is 0.783. The third-order valence-electron chi connectivity index (χ3n) is 3.39. The molecule has 2 heterocycles. The lowest BCUT2D eigenvalue weighted by molar-refractivity contribution is -0.158. The van der Waals surface area contributed by atoms with Gasteiger partial charge in [0.15, 0.2) is 0 Å². The largest absolute Gasteiger partial charge is 0.381 e. The molecule has 2 aliphatic heterocycles. The van der Waals surface area contributed by atoms with Gasteiger partial charge in [0.05, 0.1) is 5.41 Å². The van der Waals surface area contributed by atoms with Crippen LogP contribution in [0.15, 0.2) is 0 Å². The van der Waals surface area contributed by atoms with Gasteiger partial charge in [-0.15, -0.1) is 0 Å². The van der Waals surface area contributed by atoms with E-state index in [-0.39, 0.29) is 11.3 Å². The molecular formula is C10H17NO2.